The van der Waals surface area contributed by atoms with Gasteiger partial charge in [0.2, 0.25) is 5.91 Å². The molecule has 0 saturated carbocycles. The highest BCUT2D eigenvalue weighted by Gasteiger charge is 2.50. The Morgan fingerprint density at radius 3 is 3.08 bits per heavy atom. The van der Waals surface area contributed by atoms with Crippen molar-refractivity contribution in [3.8, 4) is 0 Å². The molecule has 5 heteroatoms. The van der Waals surface area contributed by atoms with E-state index in [2.05, 4.69) is 11.1 Å². The number of aromatic nitrogens is 1. The van der Waals surface area contributed by atoms with Gasteiger partial charge in [0.1, 0.15) is 5.60 Å². The summed E-state index contributed by atoms with van der Waals surface area (Å²) in [4.78, 5) is 18.9. The molecule has 1 aromatic heterocycles. The van der Waals surface area contributed by atoms with E-state index in [4.69, 9.17) is 9.47 Å². The molecule has 134 valence electrons. The van der Waals surface area contributed by atoms with Gasteiger partial charge in [-0.2, -0.15) is 0 Å². The van der Waals surface area contributed by atoms with E-state index in [1.165, 1.54) is 0 Å². The van der Waals surface area contributed by atoms with E-state index in [9.17, 15) is 4.79 Å². The number of likely N-dealkylation sites (tertiary alicyclic amines) is 1. The minimum atomic E-state index is -0.197. The molecule has 1 aromatic rings. The predicted molar refractivity (Wildman–Crippen MR) is 94.0 cm³/mol. The normalized spacial score (nSPS) is 24.9. The Balaban J connectivity index is 1.29. The van der Waals surface area contributed by atoms with E-state index in [1.807, 2.05) is 30.0 Å². The Kier molecular flexibility index (Phi) is 4.61. The number of aryl methyl sites for hydroxylation is 1. The Morgan fingerprint density at radius 2 is 2.32 bits per heavy atom. The van der Waals surface area contributed by atoms with Crippen LogP contribution in [0.5, 0.6) is 0 Å². The molecule has 1 spiro atoms. The lowest BCUT2D eigenvalue weighted by molar-refractivity contribution is -0.200. The summed E-state index contributed by atoms with van der Waals surface area (Å²) in [6.45, 7) is 4.64. The summed E-state index contributed by atoms with van der Waals surface area (Å²) < 4.78 is 12.1. The third-order valence-corrected chi connectivity index (χ3v) is 5.42. The number of allylic oxidation sites excluding steroid dienone is 1. The van der Waals surface area contributed by atoms with Crippen molar-refractivity contribution in [1.29, 1.82) is 0 Å². The molecule has 1 aliphatic carbocycles. The Morgan fingerprint density at radius 1 is 1.44 bits per heavy atom. The van der Waals surface area contributed by atoms with Crippen LogP contribution in [0.1, 0.15) is 43.5 Å². The van der Waals surface area contributed by atoms with Crippen molar-refractivity contribution in [2.75, 3.05) is 19.7 Å². The average molecular weight is 342 g/mol. The average Bonchev–Trinajstić information content (AvgIpc) is 3.12. The van der Waals surface area contributed by atoms with Crippen molar-refractivity contribution in [3.63, 3.8) is 0 Å². The lowest BCUT2D eigenvalue weighted by Gasteiger charge is -2.53. The van der Waals surface area contributed by atoms with Gasteiger partial charge in [0.25, 0.3) is 0 Å². The molecule has 25 heavy (non-hydrogen) atoms. The molecule has 2 fully saturated rings. The first-order valence-corrected chi connectivity index (χ1v) is 9.30. The zero-order valence-corrected chi connectivity index (χ0v) is 14.9. The molecule has 1 amide bonds. The molecule has 2 saturated heterocycles. The van der Waals surface area contributed by atoms with Crippen molar-refractivity contribution in [2.45, 2.75) is 57.3 Å². The van der Waals surface area contributed by atoms with Gasteiger partial charge in [-0.05, 0) is 44.7 Å². The number of hydrogen-bond donors (Lipinski definition) is 0. The topological polar surface area (TPSA) is 51.7 Å². The second-order valence-electron chi connectivity index (χ2n) is 7.51. The molecule has 0 N–H and O–H groups in total. The molecule has 0 aromatic carbocycles. The van der Waals surface area contributed by atoms with Crippen molar-refractivity contribution in [2.24, 2.45) is 0 Å². The number of ether oxygens (including phenoxy) is 2. The van der Waals surface area contributed by atoms with Gasteiger partial charge in [0.15, 0.2) is 0 Å². The van der Waals surface area contributed by atoms with E-state index in [0.29, 0.717) is 26.3 Å². The van der Waals surface area contributed by atoms with Crippen molar-refractivity contribution in [1.82, 2.24) is 9.88 Å². The van der Waals surface area contributed by atoms with Gasteiger partial charge in [0.05, 0.1) is 31.5 Å². The molecule has 1 atom stereocenters. The third-order valence-electron chi connectivity index (χ3n) is 5.42. The first-order chi connectivity index (χ1) is 12.1. The molecular weight excluding hydrogens is 316 g/mol. The number of carbonyl (C=O) groups is 1. The third kappa shape index (κ3) is 3.62. The second-order valence-corrected chi connectivity index (χ2v) is 7.51. The number of carbonyl (C=O) groups excluding carboxylic acids is 1. The summed E-state index contributed by atoms with van der Waals surface area (Å²) in [5, 5.41) is 0. The summed E-state index contributed by atoms with van der Waals surface area (Å²) in [5.41, 5.74) is 2.78. The van der Waals surface area contributed by atoms with Gasteiger partial charge in [0, 0.05) is 24.3 Å². The van der Waals surface area contributed by atoms with Gasteiger partial charge in [-0.1, -0.05) is 12.1 Å². The predicted octanol–water partition coefficient (Wildman–Crippen LogP) is 2.78. The largest absolute Gasteiger partial charge is 0.372 e. The molecule has 3 aliphatic rings. The van der Waals surface area contributed by atoms with Crippen LogP contribution in [0.2, 0.25) is 0 Å². The lowest BCUT2D eigenvalue weighted by Crippen LogP contribution is -2.67. The Bertz CT molecular complexity index is 679. The molecule has 5 nitrogen and oxygen atoms in total. The first-order valence-electron chi connectivity index (χ1n) is 9.30. The van der Waals surface area contributed by atoms with Crippen LogP contribution in [0.4, 0.5) is 0 Å². The number of hydrogen-bond acceptors (Lipinski definition) is 4. The molecule has 3 heterocycles. The van der Waals surface area contributed by atoms with Gasteiger partial charge in [-0.3, -0.25) is 9.78 Å². The summed E-state index contributed by atoms with van der Waals surface area (Å²) >= 11 is 0. The molecule has 2 aliphatic heterocycles. The van der Waals surface area contributed by atoms with E-state index >= 15 is 0 Å². The fourth-order valence-electron chi connectivity index (χ4n) is 4.09. The van der Waals surface area contributed by atoms with Gasteiger partial charge >= 0.3 is 0 Å². The maximum atomic E-state index is 12.4. The van der Waals surface area contributed by atoms with Crippen LogP contribution in [0.3, 0.4) is 0 Å². The number of nitrogens with zero attached hydrogens (tertiary/aromatic N) is 2. The molecule has 4 rings (SSSR count). The van der Waals surface area contributed by atoms with E-state index in [1.54, 1.807) is 0 Å². The van der Waals surface area contributed by atoms with Gasteiger partial charge < -0.3 is 14.4 Å². The van der Waals surface area contributed by atoms with Gasteiger partial charge in [-0.15, -0.1) is 0 Å². The van der Waals surface area contributed by atoms with Crippen LogP contribution in [-0.4, -0.2) is 47.2 Å². The van der Waals surface area contributed by atoms with E-state index in [0.717, 1.165) is 49.1 Å². The Hall–Kier alpha value is -1.72. The molecule has 0 unspecified atom stereocenters. The summed E-state index contributed by atoms with van der Waals surface area (Å²) in [6, 6.07) is 6.01. The smallest absolute Gasteiger partial charge is 0.249 e. The van der Waals surface area contributed by atoms with Gasteiger partial charge in [-0.25, -0.2) is 0 Å². The highest BCUT2D eigenvalue weighted by molar-refractivity contribution is 5.94. The van der Waals surface area contributed by atoms with Crippen LogP contribution in [-0.2, 0) is 20.9 Å². The first kappa shape index (κ1) is 16.7. The zero-order chi connectivity index (χ0) is 17.3. The minimum absolute atomic E-state index is 0.180. The second kappa shape index (κ2) is 6.89. The summed E-state index contributed by atoms with van der Waals surface area (Å²) in [5.74, 6) is 0.207. The minimum Gasteiger partial charge on any atom is -0.372 e. The van der Waals surface area contributed by atoms with Crippen LogP contribution in [0, 0.1) is 6.92 Å². The Labute approximate surface area is 149 Å². The van der Waals surface area contributed by atoms with Crippen molar-refractivity contribution >= 4 is 5.91 Å². The number of rotatable bonds is 4. The highest BCUT2D eigenvalue weighted by atomic mass is 16.5. The van der Waals surface area contributed by atoms with Crippen LogP contribution >= 0.6 is 0 Å². The molecule has 0 bridgehead atoms. The van der Waals surface area contributed by atoms with E-state index < -0.39 is 0 Å². The van der Waals surface area contributed by atoms with Crippen molar-refractivity contribution < 1.29 is 14.3 Å². The van der Waals surface area contributed by atoms with Crippen LogP contribution in [0.15, 0.2) is 29.8 Å². The zero-order valence-electron chi connectivity index (χ0n) is 14.9. The molecule has 0 radical (unpaired) electrons. The number of pyridine rings is 1. The number of amides is 1. The van der Waals surface area contributed by atoms with Crippen LogP contribution in [0.25, 0.3) is 0 Å². The van der Waals surface area contributed by atoms with E-state index in [-0.39, 0.29) is 17.6 Å². The summed E-state index contributed by atoms with van der Waals surface area (Å²) in [6.07, 6.45) is 7.13. The van der Waals surface area contributed by atoms with Crippen LogP contribution < -0.4 is 0 Å². The monoisotopic (exact) mass is 342 g/mol. The fraction of sp³-hybridized carbons (Fsp3) is 0.600. The lowest BCUT2D eigenvalue weighted by atomic mass is 9.84. The quantitative estimate of drug-likeness (QED) is 0.844. The maximum absolute atomic E-state index is 12.4. The fourth-order valence-corrected chi connectivity index (χ4v) is 4.09. The SMILES string of the molecule is Cc1cccc(CO[C@H]2CCOC3(C2)CN(C(=O)C2=CCCC2)C3)n1. The summed E-state index contributed by atoms with van der Waals surface area (Å²) in [7, 11) is 0. The highest BCUT2D eigenvalue weighted by Crippen LogP contribution is 2.37. The standard InChI is InChI=1S/C20H26N2O3/c1-15-5-4-8-17(21-15)12-24-18-9-10-25-20(11-18)13-22(14-20)19(23)16-6-2-3-7-16/h4-6,8,18H,2-3,7,9-14H2,1H3/t18-/m0/s1. The molecular formula is C20H26N2O3. The van der Waals surface area contributed by atoms with Crippen molar-refractivity contribution in [3.05, 3.63) is 41.2 Å². The maximum Gasteiger partial charge on any atom is 0.249 e.